The SMILES string of the molecule is CC(=O)c1ccc(NC(=O)[C@@H]2CC(C)=CC[C@@H]2C(=O)O)cc1. The number of carbonyl (C=O) groups excluding carboxylic acids is 2. The maximum absolute atomic E-state index is 12.4. The minimum atomic E-state index is -0.948. The third-order valence-electron chi connectivity index (χ3n) is 3.96. The molecule has 0 bridgehead atoms. The molecule has 2 N–H and O–H groups in total. The predicted molar refractivity (Wildman–Crippen MR) is 82.7 cm³/mol. The van der Waals surface area contributed by atoms with Crippen molar-refractivity contribution in [2.75, 3.05) is 5.32 Å². The lowest BCUT2D eigenvalue weighted by Crippen LogP contribution is -2.35. The van der Waals surface area contributed by atoms with Gasteiger partial charge in [0.05, 0.1) is 11.8 Å². The molecule has 5 nitrogen and oxygen atoms in total. The number of Topliss-reactive ketones (excluding diaryl/α,β-unsaturated/α-hetero) is 1. The Morgan fingerprint density at radius 3 is 2.32 bits per heavy atom. The molecule has 0 unspecified atom stereocenters. The van der Waals surface area contributed by atoms with Crippen LogP contribution in [0.1, 0.15) is 37.0 Å². The number of nitrogens with one attached hydrogen (secondary N) is 1. The zero-order chi connectivity index (χ0) is 16.3. The van der Waals surface area contributed by atoms with Gasteiger partial charge in [-0.1, -0.05) is 11.6 Å². The Bertz CT molecular complexity index is 631. The molecular formula is C17H19NO4. The molecule has 0 saturated carbocycles. The Morgan fingerprint density at radius 1 is 1.14 bits per heavy atom. The number of benzene rings is 1. The van der Waals surface area contributed by atoms with Crippen molar-refractivity contribution < 1.29 is 19.5 Å². The Kier molecular flexibility index (Phi) is 4.75. The number of carbonyl (C=O) groups is 3. The fraction of sp³-hybridized carbons (Fsp3) is 0.353. The fourth-order valence-electron chi connectivity index (χ4n) is 2.64. The van der Waals surface area contributed by atoms with Crippen LogP contribution in [0, 0.1) is 11.8 Å². The molecule has 116 valence electrons. The van der Waals surface area contributed by atoms with E-state index in [0.717, 1.165) is 5.57 Å². The van der Waals surface area contributed by atoms with Crippen LogP contribution in [0.5, 0.6) is 0 Å². The first-order valence-electron chi connectivity index (χ1n) is 7.19. The maximum Gasteiger partial charge on any atom is 0.307 e. The number of amides is 1. The van der Waals surface area contributed by atoms with Crippen LogP contribution in [-0.2, 0) is 9.59 Å². The van der Waals surface area contributed by atoms with Crippen LogP contribution >= 0.6 is 0 Å². The minimum Gasteiger partial charge on any atom is -0.481 e. The van der Waals surface area contributed by atoms with Gasteiger partial charge in [-0.25, -0.2) is 0 Å². The van der Waals surface area contributed by atoms with Gasteiger partial charge >= 0.3 is 5.97 Å². The summed E-state index contributed by atoms with van der Waals surface area (Å²) in [5.41, 5.74) is 2.16. The van der Waals surface area contributed by atoms with Gasteiger partial charge in [0.1, 0.15) is 0 Å². The standard InChI is InChI=1S/C17H19NO4/c1-10-3-8-14(17(21)22)15(9-10)16(20)18-13-6-4-12(5-7-13)11(2)19/h3-7,14-15H,8-9H2,1-2H3,(H,18,20)(H,21,22)/t14-,15+/m0/s1. The van der Waals surface area contributed by atoms with Crippen molar-refractivity contribution in [2.24, 2.45) is 11.8 Å². The quantitative estimate of drug-likeness (QED) is 0.661. The summed E-state index contributed by atoms with van der Waals surface area (Å²) in [6.07, 6.45) is 2.71. The highest BCUT2D eigenvalue weighted by Gasteiger charge is 2.35. The van der Waals surface area contributed by atoms with Gasteiger partial charge in [-0.05, 0) is 51.0 Å². The fourth-order valence-corrected chi connectivity index (χ4v) is 2.64. The Labute approximate surface area is 129 Å². The number of carboxylic acid groups (broad SMARTS) is 1. The maximum atomic E-state index is 12.4. The zero-order valence-corrected chi connectivity index (χ0v) is 12.6. The summed E-state index contributed by atoms with van der Waals surface area (Å²) in [5, 5.41) is 12.0. The van der Waals surface area contributed by atoms with Crippen molar-refractivity contribution in [3.05, 3.63) is 41.5 Å². The average molecular weight is 301 g/mol. The molecule has 1 aromatic rings. The van der Waals surface area contributed by atoms with Gasteiger partial charge in [0.25, 0.3) is 0 Å². The van der Waals surface area contributed by atoms with Gasteiger partial charge in [-0.15, -0.1) is 0 Å². The molecule has 1 aliphatic carbocycles. The van der Waals surface area contributed by atoms with E-state index in [9.17, 15) is 19.5 Å². The summed E-state index contributed by atoms with van der Waals surface area (Å²) in [6, 6.07) is 6.57. The Balaban J connectivity index is 2.11. The van der Waals surface area contributed by atoms with Gasteiger partial charge < -0.3 is 10.4 Å². The lowest BCUT2D eigenvalue weighted by atomic mass is 9.79. The van der Waals surface area contributed by atoms with E-state index in [1.165, 1.54) is 6.92 Å². The van der Waals surface area contributed by atoms with Crippen LogP contribution in [0.15, 0.2) is 35.9 Å². The smallest absolute Gasteiger partial charge is 0.307 e. The third-order valence-corrected chi connectivity index (χ3v) is 3.96. The third kappa shape index (κ3) is 3.61. The normalized spacial score (nSPS) is 20.9. The number of hydrogen-bond acceptors (Lipinski definition) is 3. The summed E-state index contributed by atoms with van der Waals surface area (Å²) in [4.78, 5) is 34.9. The van der Waals surface area contributed by atoms with E-state index in [2.05, 4.69) is 5.32 Å². The molecule has 0 fully saturated rings. The van der Waals surface area contributed by atoms with Gasteiger partial charge in [-0.2, -0.15) is 0 Å². The van der Waals surface area contributed by atoms with E-state index in [4.69, 9.17) is 0 Å². The van der Waals surface area contributed by atoms with Gasteiger partial charge in [0, 0.05) is 11.3 Å². The molecule has 0 heterocycles. The van der Waals surface area contributed by atoms with E-state index in [0.29, 0.717) is 24.1 Å². The van der Waals surface area contributed by atoms with Crippen molar-refractivity contribution in [1.82, 2.24) is 0 Å². The van der Waals surface area contributed by atoms with Crippen LogP contribution < -0.4 is 5.32 Å². The number of hydrogen-bond donors (Lipinski definition) is 2. The van der Waals surface area contributed by atoms with Crippen molar-refractivity contribution in [1.29, 1.82) is 0 Å². The molecule has 1 aromatic carbocycles. The molecule has 2 atom stereocenters. The highest BCUT2D eigenvalue weighted by atomic mass is 16.4. The second kappa shape index (κ2) is 6.56. The molecule has 2 rings (SSSR count). The first kappa shape index (κ1) is 15.9. The number of anilines is 1. The number of allylic oxidation sites excluding steroid dienone is 2. The molecule has 0 radical (unpaired) electrons. The van der Waals surface area contributed by atoms with E-state index in [1.807, 2.05) is 13.0 Å². The molecule has 1 aliphatic rings. The monoisotopic (exact) mass is 301 g/mol. The Morgan fingerprint density at radius 2 is 1.77 bits per heavy atom. The van der Waals surface area contributed by atoms with Crippen molar-refractivity contribution >= 4 is 23.3 Å². The topological polar surface area (TPSA) is 83.5 Å². The van der Waals surface area contributed by atoms with Gasteiger partial charge in [0.15, 0.2) is 5.78 Å². The Hall–Kier alpha value is -2.43. The molecule has 22 heavy (non-hydrogen) atoms. The molecular weight excluding hydrogens is 282 g/mol. The van der Waals surface area contributed by atoms with Crippen LogP contribution in [0.4, 0.5) is 5.69 Å². The molecule has 1 amide bonds. The van der Waals surface area contributed by atoms with E-state index in [-0.39, 0.29) is 11.7 Å². The molecule has 0 aliphatic heterocycles. The highest BCUT2D eigenvalue weighted by molar-refractivity contribution is 5.97. The molecule has 0 spiro atoms. The second-order valence-electron chi connectivity index (χ2n) is 5.66. The predicted octanol–water partition coefficient (Wildman–Crippen LogP) is 2.88. The first-order chi connectivity index (χ1) is 10.4. The molecule has 5 heteroatoms. The lowest BCUT2D eigenvalue weighted by Gasteiger charge is -2.26. The van der Waals surface area contributed by atoms with Crippen molar-refractivity contribution in [2.45, 2.75) is 26.7 Å². The van der Waals surface area contributed by atoms with Crippen molar-refractivity contribution in [3.63, 3.8) is 0 Å². The number of carboxylic acids is 1. The van der Waals surface area contributed by atoms with Crippen LogP contribution in [0.2, 0.25) is 0 Å². The van der Waals surface area contributed by atoms with Crippen LogP contribution in [0.25, 0.3) is 0 Å². The summed E-state index contributed by atoms with van der Waals surface area (Å²) >= 11 is 0. The molecule has 0 aromatic heterocycles. The summed E-state index contributed by atoms with van der Waals surface area (Å²) in [5.74, 6) is -2.56. The summed E-state index contributed by atoms with van der Waals surface area (Å²) < 4.78 is 0. The summed E-state index contributed by atoms with van der Waals surface area (Å²) in [7, 11) is 0. The zero-order valence-electron chi connectivity index (χ0n) is 12.6. The van der Waals surface area contributed by atoms with E-state index < -0.39 is 17.8 Å². The number of ketones is 1. The first-order valence-corrected chi connectivity index (χ1v) is 7.19. The van der Waals surface area contributed by atoms with E-state index >= 15 is 0 Å². The van der Waals surface area contributed by atoms with Crippen LogP contribution in [-0.4, -0.2) is 22.8 Å². The number of aliphatic carboxylic acids is 1. The van der Waals surface area contributed by atoms with Crippen molar-refractivity contribution in [3.8, 4) is 0 Å². The highest BCUT2D eigenvalue weighted by Crippen LogP contribution is 2.31. The molecule has 0 saturated heterocycles. The van der Waals surface area contributed by atoms with Gasteiger partial charge in [0.2, 0.25) is 5.91 Å². The van der Waals surface area contributed by atoms with E-state index in [1.54, 1.807) is 24.3 Å². The lowest BCUT2D eigenvalue weighted by molar-refractivity contribution is -0.146. The van der Waals surface area contributed by atoms with Gasteiger partial charge in [-0.3, -0.25) is 14.4 Å². The summed E-state index contributed by atoms with van der Waals surface area (Å²) in [6.45, 7) is 3.38. The average Bonchev–Trinajstić information content (AvgIpc) is 2.47. The number of rotatable bonds is 4. The minimum absolute atomic E-state index is 0.0446. The van der Waals surface area contributed by atoms with Crippen LogP contribution in [0.3, 0.4) is 0 Å². The largest absolute Gasteiger partial charge is 0.481 e. The second-order valence-corrected chi connectivity index (χ2v) is 5.66.